The first kappa shape index (κ1) is 16.6. The van der Waals surface area contributed by atoms with Crippen LogP contribution in [0.5, 0.6) is 0 Å². The molecule has 0 atom stereocenters. The van der Waals surface area contributed by atoms with Gasteiger partial charge in [-0.25, -0.2) is 9.97 Å². The Balaban J connectivity index is 2.03. The minimum absolute atomic E-state index is 0.176. The molecule has 0 N–H and O–H groups in total. The Labute approximate surface area is 134 Å². The van der Waals surface area contributed by atoms with Crippen molar-refractivity contribution in [3.8, 4) is 0 Å². The monoisotopic (exact) mass is 328 g/mol. The average Bonchev–Trinajstić information content (AvgIpc) is 2.70. The molecular weight excluding hydrogens is 308 g/mol. The number of fused-ring (bicyclic) bond motifs is 1. The number of rotatable bonds is 6. The van der Waals surface area contributed by atoms with E-state index in [4.69, 9.17) is 21.1 Å². The number of aromatic nitrogens is 2. The van der Waals surface area contributed by atoms with Gasteiger partial charge < -0.3 is 9.47 Å². The van der Waals surface area contributed by atoms with E-state index in [9.17, 15) is 0 Å². The van der Waals surface area contributed by atoms with Crippen LogP contribution in [0.3, 0.4) is 0 Å². The van der Waals surface area contributed by atoms with Gasteiger partial charge in [-0.3, -0.25) is 0 Å². The van der Waals surface area contributed by atoms with Crippen molar-refractivity contribution in [3.63, 3.8) is 0 Å². The van der Waals surface area contributed by atoms with Gasteiger partial charge in [0.15, 0.2) is 5.82 Å². The van der Waals surface area contributed by atoms with Crippen molar-refractivity contribution in [1.82, 2.24) is 9.97 Å². The van der Waals surface area contributed by atoms with Crippen LogP contribution < -0.4 is 0 Å². The summed E-state index contributed by atoms with van der Waals surface area (Å²) in [6, 6.07) is 0. The summed E-state index contributed by atoms with van der Waals surface area (Å²) in [6.07, 6.45) is 0.816. The summed E-state index contributed by atoms with van der Waals surface area (Å²) < 4.78 is 11.0. The molecule has 21 heavy (non-hydrogen) atoms. The second-order valence-electron chi connectivity index (χ2n) is 5.66. The Kier molecular flexibility index (Phi) is 5.20. The van der Waals surface area contributed by atoms with E-state index in [2.05, 4.69) is 16.9 Å². The Morgan fingerprint density at radius 3 is 2.62 bits per heavy atom. The molecule has 0 spiro atoms. The standard InChI is InChI=1S/C15H21ClN2O2S/c1-9-10(2)21-14-12(9)13(16)17-11(18-14)8-20-7-6-15(3,4)19-5/h6-8H2,1-5H3. The maximum Gasteiger partial charge on any atom is 0.157 e. The Hall–Kier alpha value is -0.750. The summed E-state index contributed by atoms with van der Waals surface area (Å²) in [7, 11) is 1.71. The lowest BCUT2D eigenvalue weighted by atomic mass is 10.1. The number of halogens is 1. The summed E-state index contributed by atoms with van der Waals surface area (Å²) in [5, 5.41) is 1.47. The van der Waals surface area contributed by atoms with Crippen molar-refractivity contribution >= 4 is 33.2 Å². The highest BCUT2D eigenvalue weighted by Crippen LogP contribution is 2.32. The van der Waals surface area contributed by atoms with Gasteiger partial charge in [0.05, 0.1) is 11.0 Å². The molecule has 0 amide bonds. The normalized spacial score (nSPS) is 12.3. The molecule has 0 aliphatic carbocycles. The topological polar surface area (TPSA) is 44.2 Å². The molecule has 2 heterocycles. The molecule has 2 rings (SSSR count). The molecule has 0 aliphatic rings. The molecule has 6 heteroatoms. The van der Waals surface area contributed by atoms with E-state index < -0.39 is 0 Å². The molecule has 0 saturated heterocycles. The lowest BCUT2D eigenvalue weighted by Gasteiger charge is -2.22. The fourth-order valence-electron chi connectivity index (χ4n) is 1.89. The molecular formula is C15H21ClN2O2S. The van der Waals surface area contributed by atoms with Crippen LogP contribution in [0.4, 0.5) is 0 Å². The van der Waals surface area contributed by atoms with Crippen LogP contribution in [-0.4, -0.2) is 29.3 Å². The van der Waals surface area contributed by atoms with Crippen LogP contribution in [-0.2, 0) is 16.1 Å². The lowest BCUT2D eigenvalue weighted by molar-refractivity contribution is -0.0131. The Morgan fingerprint density at radius 2 is 1.95 bits per heavy atom. The van der Waals surface area contributed by atoms with Crippen LogP contribution in [0, 0.1) is 13.8 Å². The number of aryl methyl sites for hydroxylation is 2. The molecule has 116 valence electrons. The van der Waals surface area contributed by atoms with Gasteiger partial charge >= 0.3 is 0 Å². The van der Waals surface area contributed by atoms with Crippen molar-refractivity contribution in [2.24, 2.45) is 0 Å². The van der Waals surface area contributed by atoms with Crippen molar-refractivity contribution in [1.29, 1.82) is 0 Å². The van der Waals surface area contributed by atoms with Crippen molar-refractivity contribution in [2.75, 3.05) is 13.7 Å². The van der Waals surface area contributed by atoms with E-state index in [0.717, 1.165) is 22.2 Å². The molecule has 0 saturated carbocycles. The molecule has 2 aromatic heterocycles. The molecule has 2 aromatic rings. The fourth-order valence-corrected chi connectivity index (χ4v) is 3.32. The minimum atomic E-state index is -0.176. The van der Waals surface area contributed by atoms with E-state index in [1.54, 1.807) is 18.4 Å². The molecule has 0 aromatic carbocycles. The summed E-state index contributed by atoms with van der Waals surface area (Å²) in [5.41, 5.74) is 0.985. The largest absolute Gasteiger partial charge is 0.379 e. The van der Waals surface area contributed by atoms with E-state index >= 15 is 0 Å². The van der Waals surface area contributed by atoms with E-state index in [0.29, 0.717) is 24.2 Å². The van der Waals surface area contributed by atoms with Gasteiger partial charge in [0.1, 0.15) is 16.6 Å². The highest BCUT2D eigenvalue weighted by atomic mass is 35.5. The van der Waals surface area contributed by atoms with Gasteiger partial charge in [0, 0.05) is 18.6 Å². The van der Waals surface area contributed by atoms with Gasteiger partial charge in [-0.05, 0) is 39.7 Å². The van der Waals surface area contributed by atoms with Gasteiger partial charge in [-0.2, -0.15) is 0 Å². The average molecular weight is 329 g/mol. The fraction of sp³-hybridized carbons (Fsp3) is 0.600. The first-order valence-corrected chi connectivity index (χ1v) is 8.08. The number of methoxy groups -OCH3 is 1. The molecule has 4 nitrogen and oxygen atoms in total. The van der Waals surface area contributed by atoms with Gasteiger partial charge in [0.25, 0.3) is 0 Å². The highest BCUT2D eigenvalue weighted by Gasteiger charge is 2.16. The summed E-state index contributed by atoms with van der Waals surface area (Å²) >= 11 is 7.91. The molecule has 0 aliphatic heterocycles. The van der Waals surface area contributed by atoms with Crippen molar-refractivity contribution < 1.29 is 9.47 Å². The van der Waals surface area contributed by atoms with E-state index in [1.807, 2.05) is 20.8 Å². The van der Waals surface area contributed by atoms with Crippen molar-refractivity contribution in [2.45, 2.75) is 46.3 Å². The van der Waals surface area contributed by atoms with Crippen LogP contribution in [0.2, 0.25) is 5.15 Å². The predicted molar refractivity (Wildman–Crippen MR) is 87.3 cm³/mol. The zero-order valence-corrected chi connectivity index (χ0v) is 14.7. The third kappa shape index (κ3) is 3.92. The minimum Gasteiger partial charge on any atom is -0.379 e. The highest BCUT2D eigenvalue weighted by molar-refractivity contribution is 7.18. The van der Waals surface area contributed by atoms with Crippen LogP contribution >= 0.6 is 22.9 Å². The maximum absolute atomic E-state index is 6.27. The molecule has 0 bridgehead atoms. The van der Waals surface area contributed by atoms with E-state index in [1.165, 1.54) is 4.88 Å². The lowest BCUT2D eigenvalue weighted by Crippen LogP contribution is -2.24. The zero-order valence-electron chi connectivity index (χ0n) is 13.1. The predicted octanol–water partition coefficient (Wildman–Crippen LogP) is 4.29. The first-order valence-electron chi connectivity index (χ1n) is 6.89. The number of hydrogen-bond donors (Lipinski definition) is 0. The number of ether oxygens (including phenoxy) is 2. The Morgan fingerprint density at radius 1 is 1.24 bits per heavy atom. The molecule has 0 fully saturated rings. The maximum atomic E-state index is 6.27. The van der Waals surface area contributed by atoms with Crippen LogP contribution in [0.25, 0.3) is 10.2 Å². The third-order valence-electron chi connectivity index (χ3n) is 3.66. The SMILES string of the molecule is COC(C)(C)CCOCc1nc(Cl)c2c(C)c(C)sc2n1. The second kappa shape index (κ2) is 6.57. The molecule has 0 unspecified atom stereocenters. The summed E-state index contributed by atoms with van der Waals surface area (Å²) in [4.78, 5) is 11.0. The zero-order chi connectivity index (χ0) is 15.6. The van der Waals surface area contributed by atoms with Crippen LogP contribution in [0.15, 0.2) is 0 Å². The second-order valence-corrected chi connectivity index (χ2v) is 7.22. The molecule has 0 radical (unpaired) electrons. The summed E-state index contributed by atoms with van der Waals surface area (Å²) in [6.45, 7) is 9.15. The first-order chi connectivity index (χ1) is 9.84. The van der Waals surface area contributed by atoms with Gasteiger partial charge in [0.2, 0.25) is 0 Å². The van der Waals surface area contributed by atoms with E-state index in [-0.39, 0.29) is 5.60 Å². The van der Waals surface area contributed by atoms with Gasteiger partial charge in [-0.1, -0.05) is 11.6 Å². The van der Waals surface area contributed by atoms with Crippen LogP contribution in [0.1, 0.15) is 36.5 Å². The van der Waals surface area contributed by atoms with Gasteiger partial charge in [-0.15, -0.1) is 11.3 Å². The number of nitrogens with zero attached hydrogens (tertiary/aromatic N) is 2. The third-order valence-corrected chi connectivity index (χ3v) is 5.04. The smallest absolute Gasteiger partial charge is 0.157 e. The van der Waals surface area contributed by atoms with Crippen molar-refractivity contribution in [3.05, 3.63) is 21.4 Å². The summed E-state index contributed by atoms with van der Waals surface area (Å²) in [5.74, 6) is 0.629. The Bertz CT molecular complexity index is 640. The number of hydrogen-bond acceptors (Lipinski definition) is 5. The number of thiophene rings is 1. The quantitative estimate of drug-likeness (QED) is 0.586.